The Morgan fingerprint density at radius 1 is 1.39 bits per heavy atom. The van der Waals surface area contributed by atoms with Gasteiger partial charge < -0.3 is 4.90 Å². The molecule has 1 aliphatic rings. The van der Waals surface area contributed by atoms with Gasteiger partial charge in [-0.1, -0.05) is 50.6 Å². The first-order chi connectivity index (χ1) is 8.37. The van der Waals surface area contributed by atoms with Crippen LogP contribution in [0.15, 0.2) is 24.3 Å². The zero-order valence-electron chi connectivity index (χ0n) is 11.7. The van der Waals surface area contributed by atoms with Crippen LogP contribution in [0.1, 0.15) is 38.1 Å². The van der Waals surface area contributed by atoms with E-state index >= 15 is 0 Å². The van der Waals surface area contributed by atoms with Crippen LogP contribution in [-0.4, -0.2) is 23.9 Å². The molecular formula is C15H22N2O. The third-order valence-electron chi connectivity index (χ3n) is 3.08. The molecule has 98 valence electrons. The lowest BCUT2D eigenvalue weighted by Gasteiger charge is -2.31. The largest absolute Gasteiger partial charge is 0.321 e. The fourth-order valence-corrected chi connectivity index (χ4v) is 2.37. The summed E-state index contributed by atoms with van der Waals surface area (Å²) in [6.07, 6.45) is 0.0247. The molecule has 2 rings (SSSR count). The monoisotopic (exact) mass is 246 g/mol. The molecule has 1 unspecified atom stereocenters. The first-order valence-corrected chi connectivity index (χ1v) is 6.46. The topological polar surface area (TPSA) is 32.3 Å². The van der Waals surface area contributed by atoms with Crippen LogP contribution in [0.25, 0.3) is 0 Å². The summed E-state index contributed by atoms with van der Waals surface area (Å²) in [6, 6.07) is 8.35. The molecule has 3 nitrogen and oxygen atoms in total. The van der Waals surface area contributed by atoms with Crippen molar-refractivity contribution in [2.45, 2.75) is 33.9 Å². The third kappa shape index (κ3) is 2.91. The number of hydrogen-bond acceptors (Lipinski definition) is 2. The molecule has 1 fully saturated rings. The van der Waals surface area contributed by atoms with E-state index in [1.54, 1.807) is 0 Å². The van der Waals surface area contributed by atoms with Gasteiger partial charge in [0.2, 0.25) is 5.91 Å². The second-order valence-electron chi connectivity index (χ2n) is 6.28. The standard InChI is InChI=1S/C15H22N2O/c1-11-6-5-7-12(8-11)14-16-9-13(18)17(14)10-15(2,3)4/h5-8,14,16H,9-10H2,1-4H3. The Morgan fingerprint density at radius 2 is 2.11 bits per heavy atom. The summed E-state index contributed by atoms with van der Waals surface area (Å²) in [5.74, 6) is 0.191. The highest BCUT2D eigenvalue weighted by Crippen LogP contribution is 2.27. The minimum atomic E-state index is 0.0247. The number of rotatable bonds is 2. The van der Waals surface area contributed by atoms with Gasteiger partial charge in [-0.15, -0.1) is 0 Å². The molecule has 0 aromatic heterocycles. The van der Waals surface area contributed by atoms with Crippen molar-refractivity contribution in [3.8, 4) is 0 Å². The van der Waals surface area contributed by atoms with Gasteiger partial charge in [-0.2, -0.15) is 0 Å². The number of amides is 1. The first kappa shape index (κ1) is 13.1. The Kier molecular flexibility index (Phi) is 3.44. The summed E-state index contributed by atoms with van der Waals surface area (Å²) >= 11 is 0. The molecule has 3 heteroatoms. The Bertz CT molecular complexity index is 448. The maximum Gasteiger partial charge on any atom is 0.238 e. The van der Waals surface area contributed by atoms with Gasteiger partial charge >= 0.3 is 0 Å². The van der Waals surface area contributed by atoms with Crippen molar-refractivity contribution in [2.75, 3.05) is 13.1 Å². The summed E-state index contributed by atoms with van der Waals surface area (Å²) in [5.41, 5.74) is 2.51. The highest BCUT2D eigenvalue weighted by Gasteiger charge is 2.33. The van der Waals surface area contributed by atoms with Gasteiger partial charge in [0, 0.05) is 6.54 Å². The van der Waals surface area contributed by atoms with Crippen LogP contribution in [0, 0.1) is 12.3 Å². The molecule has 1 atom stereocenters. The second-order valence-corrected chi connectivity index (χ2v) is 6.28. The van der Waals surface area contributed by atoms with Crippen molar-refractivity contribution in [3.05, 3.63) is 35.4 Å². The SMILES string of the molecule is Cc1cccc(C2NCC(=O)N2CC(C)(C)C)c1. The Labute approximate surface area is 109 Å². The zero-order valence-corrected chi connectivity index (χ0v) is 11.7. The summed E-state index contributed by atoms with van der Waals surface area (Å²) < 4.78 is 0. The highest BCUT2D eigenvalue weighted by atomic mass is 16.2. The van der Waals surface area contributed by atoms with Crippen LogP contribution in [-0.2, 0) is 4.79 Å². The maximum atomic E-state index is 12.0. The molecule has 1 N–H and O–H groups in total. The Morgan fingerprint density at radius 3 is 2.72 bits per heavy atom. The average molecular weight is 246 g/mol. The molecule has 0 radical (unpaired) electrons. The number of benzene rings is 1. The van der Waals surface area contributed by atoms with Gasteiger partial charge in [-0.05, 0) is 17.9 Å². The number of nitrogens with one attached hydrogen (secondary N) is 1. The van der Waals surface area contributed by atoms with Gasteiger partial charge in [0.15, 0.2) is 0 Å². The lowest BCUT2D eigenvalue weighted by molar-refractivity contribution is -0.129. The molecule has 0 spiro atoms. The van der Waals surface area contributed by atoms with Gasteiger partial charge in [0.05, 0.1) is 6.54 Å². The smallest absolute Gasteiger partial charge is 0.238 e. The summed E-state index contributed by atoms with van der Waals surface area (Å²) in [6.45, 7) is 9.77. The minimum Gasteiger partial charge on any atom is -0.321 e. The van der Waals surface area contributed by atoms with E-state index in [0.717, 1.165) is 6.54 Å². The molecule has 1 aliphatic heterocycles. The third-order valence-corrected chi connectivity index (χ3v) is 3.08. The summed E-state index contributed by atoms with van der Waals surface area (Å²) in [7, 11) is 0. The van der Waals surface area contributed by atoms with E-state index in [9.17, 15) is 4.79 Å². The average Bonchev–Trinajstić information content (AvgIpc) is 2.58. The quantitative estimate of drug-likeness (QED) is 0.869. The molecule has 1 aromatic carbocycles. The molecule has 1 aromatic rings. The first-order valence-electron chi connectivity index (χ1n) is 6.46. The fourth-order valence-electron chi connectivity index (χ4n) is 2.37. The minimum absolute atomic E-state index is 0.0247. The van der Waals surface area contributed by atoms with E-state index in [4.69, 9.17) is 0 Å². The van der Waals surface area contributed by atoms with Crippen molar-refractivity contribution < 1.29 is 4.79 Å². The van der Waals surface area contributed by atoms with Crippen LogP contribution < -0.4 is 5.32 Å². The van der Waals surface area contributed by atoms with Crippen LogP contribution >= 0.6 is 0 Å². The van der Waals surface area contributed by atoms with E-state index in [0.29, 0.717) is 6.54 Å². The van der Waals surface area contributed by atoms with Crippen LogP contribution in [0.5, 0.6) is 0 Å². The van der Waals surface area contributed by atoms with Crippen LogP contribution in [0.3, 0.4) is 0 Å². The van der Waals surface area contributed by atoms with Crippen molar-refractivity contribution in [1.29, 1.82) is 0 Å². The van der Waals surface area contributed by atoms with Crippen molar-refractivity contribution in [1.82, 2.24) is 10.2 Å². The summed E-state index contributed by atoms with van der Waals surface area (Å²) in [5, 5.41) is 3.30. The number of nitrogens with zero attached hydrogens (tertiary/aromatic N) is 1. The second kappa shape index (κ2) is 4.73. The van der Waals surface area contributed by atoms with E-state index in [1.807, 2.05) is 11.0 Å². The normalized spacial score (nSPS) is 20.6. The van der Waals surface area contributed by atoms with Gasteiger partial charge in [0.25, 0.3) is 0 Å². The highest BCUT2D eigenvalue weighted by molar-refractivity contribution is 5.81. The van der Waals surface area contributed by atoms with Crippen molar-refractivity contribution in [2.24, 2.45) is 5.41 Å². The number of carbonyl (C=O) groups is 1. The number of aryl methyl sites for hydroxylation is 1. The lowest BCUT2D eigenvalue weighted by Crippen LogP contribution is -2.37. The number of carbonyl (C=O) groups excluding carboxylic acids is 1. The Balaban J connectivity index is 2.24. The maximum absolute atomic E-state index is 12.0. The predicted octanol–water partition coefficient (Wildman–Crippen LogP) is 2.47. The van der Waals surface area contributed by atoms with E-state index in [-0.39, 0.29) is 17.5 Å². The predicted molar refractivity (Wildman–Crippen MR) is 73.1 cm³/mol. The molecule has 0 bridgehead atoms. The molecule has 1 saturated heterocycles. The summed E-state index contributed by atoms with van der Waals surface area (Å²) in [4.78, 5) is 13.9. The lowest BCUT2D eigenvalue weighted by atomic mass is 9.95. The van der Waals surface area contributed by atoms with E-state index < -0.39 is 0 Å². The van der Waals surface area contributed by atoms with Gasteiger partial charge in [-0.3, -0.25) is 10.1 Å². The molecule has 0 aliphatic carbocycles. The molecular weight excluding hydrogens is 224 g/mol. The number of hydrogen-bond donors (Lipinski definition) is 1. The van der Waals surface area contributed by atoms with Crippen molar-refractivity contribution >= 4 is 5.91 Å². The van der Waals surface area contributed by atoms with E-state index in [2.05, 4.69) is 51.2 Å². The van der Waals surface area contributed by atoms with Crippen LogP contribution in [0.4, 0.5) is 0 Å². The Hall–Kier alpha value is -1.35. The van der Waals surface area contributed by atoms with Gasteiger partial charge in [0.1, 0.15) is 6.17 Å². The van der Waals surface area contributed by atoms with E-state index in [1.165, 1.54) is 11.1 Å². The molecule has 1 amide bonds. The van der Waals surface area contributed by atoms with Gasteiger partial charge in [-0.25, -0.2) is 0 Å². The molecule has 18 heavy (non-hydrogen) atoms. The van der Waals surface area contributed by atoms with Crippen LogP contribution in [0.2, 0.25) is 0 Å². The zero-order chi connectivity index (χ0) is 13.3. The van der Waals surface area contributed by atoms with Crippen molar-refractivity contribution in [3.63, 3.8) is 0 Å². The molecule has 0 saturated carbocycles. The molecule has 1 heterocycles. The fraction of sp³-hybridized carbons (Fsp3) is 0.533.